The van der Waals surface area contributed by atoms with Crippen LogP contribution in [0.2, 0.25) is 0 Å². The lowest BCUT2D eigenvalue weighted by atomic mass is 9.73. The monoisotopic (exact) mass is 315 g/mol. The van der Waals surface area contributed by atoms with E-state index in [1.165, 1.54) is 11.6 Å². The first kappa shape index (κ1) is 15.9. The number of nitrogens with two attached hydrogens (primary N) is 1. The van der Waals surface area contributed by atoms with Crippen molar-refractivity contribution in [1.29, 1.82) is 0 Å². The molecule has 1 aromatic heterocycles. The van der Waals surface area contributed by atoms with E-state index < -0.39 is 0 Å². The lowest BCUT2D eigenvalue weighted by Crippen LogP contribution is -2.38. The molecule has 0 bridgehead atoms. The van der Waals surface area contributed by atoms with Gasteiger partial charge in [0.1, 0.15) is 5.82 Å². The molecule has 1 aliphatic carbocycles. The lowest BCUT2D eigenvalue weighted by molar-refractivity contribution is -0.126. The summed E-state index contributed by atoms with van der Waals surface area (Å²) in [6.45, 7) is 1.93. The standard InChI is InChI=1S/C18H22FN3O/c1-11(18(23)22-20)12-2-4-13(5-3-12)15-8-9-21-17-7-6-14(19)10-16(15)17/h6-13H,2-5,20H2,1H3,(H,22,23). The summed E-state index contributed by atoms with van der Waals surface area (Å²) < 4.78 is 13.6. The average molecular weight is 315 g/mol. The molecule has 1 unspecified atom stereocenters. The summed E-state index contributed by atoms with van der Waals surface area (Å²) >= 11 is 0. The van der Waals surface area contributed by atoms with E-state index in [-0.39, 0.29) is 17.6 Å². The van der Waals surface area contributed by atoms with Crippen molar-refractivity contribution in [1.82, 2.24) is 10.4 Å². The van der Waals surface area contributed by atoms with Crippen molar-refractivity contribution in [2.75, 3.05) is 0 Å². The molecule has 3 rings (SSSR count). The number of nitrogens with zero attached hydrogens (tertiary/aromatic N) is 1. The summed E-state index contributed by atoms with van der Waals surface area (Å²) in [6, 6.07) is 6.76. The summed E-state index contributed by atoms with van der Waals surface area (Å²) in [4.78, 5) is 16.0. The van der Waals surface area contributed by atoms with Gasteiger partial charge in [0.2, 0.25) is 5.91 Å². The molecule has 122 valence electrons. The number of carbonyl (C=O) groups excluding carboxylic acids is 1. The molecule has 1 aliphatic rings. The van der Waals surface area contributed by atoms with Crippen molar-refractivity contribution < 1.29 is 9.18 Å². The maximum Gasteiger partial charge on any atom is 0.236 e. The second-order valence-electron chi connectivity index (χ2n) is 6.47. The Bertz CT molecular complexity index is 710. The van der Waals surface area contributed by atoms with Gasteiger partial charge in [-0.25, -0.2) is 10.2 Å². The Morgan fingerprint density at radius 3 is 2.74 bits per heavy atom. The fourth-order valence-corrected chi connectivity index (χ4v) is 3.77. The molecule has 1 heterocycles. The molecule has 1 atom stereocenters. The zero-order valence-corrected chi connectivity index (χ0v) is 13.3. The number of halogens is 1. The van der Waals surface area contributed by atoms with E-state index in [0.717, 1.165) is 36.6 Å². The van der Waals surface area contributed by atoms with E-state index in [0.29, 0.717) is 11.8 Å². The van der Waals surface area contributed by atoms with Gasteiger partial charge in [-0.1, -0.05) is 6.92 Å². The zero-order valence-electron chi connectivity index (χ0n) is 13.3. The van der Waals surface area contributed by atoms with E-state index in [4.69, 9.17) is 5.84 Å². The summed E-state index contributed by atoms with van der Waals surface area (Å²) in [7, 11) is 0. The van der Waals surface area contributed by atoms with Crippen LogP contribution in [0.3, 0.4) is 0 Å². The van der Waals surface area contributed by atoms with Gasteiger partial charge in [-0.2, -0.15) is 0 Å². The van der Waals surface area contributed by atoms with Crippen LogP contribution >= 0.6 is 0 Å². The normalized spacial score (nSPS) is 22.7. The van der Waals surface area contributed by atoms with Crippen molar-refractivity contribution in [3.63, 3.8) is 0 Å². The summed E-state index contributed by atoms with van der Waals surface area (Å²) in [5.41, 5.74) is 4.25. The highest BCUT2D eigenvalue weighted by Gasteiger charge is 2.29. The molecule has 1 aromatic carbocycles. The van der Waals surface area contributed by atoms with E-state index in [2.05, 4.69) is 10.4 Å². The van der Waals surface area contributed by atoms with Crippen LogP contribution in [0.5, 0.6) is 0 Å². The number of rotatable bonds is 3. The third kappa shape index (κ3) is 3.20. The van der Waals surface area contributed by atoms with Gasteiger partial charge in [0, 0.05) is 17.5 Å². The molecule has 5 heteroatoms. The minimum absolute atomic E-state index is 0.0624. The molecule has 0 aliphatic heterocycles. The summed E-state index contributed by atoms with van der Waals surface area (Å²) in [5.74, 6) is 5.61. The van der Waals surface area contributed by atoms with Crippen LogP contribution in [0.25, 0.3) is 10.9 Å². The van der Waals surface area contributed by atoms with Crippen LogP contribution in [0.4, 0.5) is 4.39 Å². The zero-order chi connectivity index (χ0) is 16.4. The van der Waals surface area contributed by atoms with Crippen molar-refractivity contribution in [2.24, 2.45) is 17.7 Å². The third-order valence-electron chi connectivity index (χ3n) is 5.21. The largest absolute Gasteiger partial charge is 0.294 e. The molecular weight excluding hydrogens is 293 g/mol. The van der Waals surface area contributed by atoms with Gasteiger partial charge in [-0.05, 0) is 67.3 Å². The molecule has 2 aromatic rings. The number of fused-ring (bicyclic) bond motifs is 1. The van der Waals surface area contributed by atoms with Crippen LogP contribution in [-0.2, 0) is 4.79 Å². The van der Waals surface area contributed by atoms with Crippen molar-refractivity contribution in [3.05, 3.63) is 41.8 Å². The minimum atomic E-state index is -0.228. The predicted octanol–water partition coefficient (Wildman–Crippen LogP) is 3.27. The molecule has 3 N–H and O–H groups in total. The first-order valence-corrected chi connectivity index (χ1v) is 8.14. The van der Waals surface area contributed by atoms with Gasteiger partial charge in [0.25, 0.3) is 0 Å². The van der Waals surface area contributed by atoms with Crippen LogP contribution < -0.4 is 11.3 Å². The van der Waals surface area contributed by atoms with E-state index in [1.807, 2.05) is 13.0 Å². The maximum atomic E-state index is 13.6. The van der Waals surface area contributed by atoms with Gasteiger partial charge in [-0.3, -0.25) is 15.2 Å². The van der Waals surface area contributed by atoms with Crippen molar-refractivity contribution >= 4 is 16.8 Å². The van der Waals surface area contributed by atoms with Gasteiger partial charge < -0.3 is 0 Å². The van der Waals surface area contributed by atoms with Crippen molar-refractivity contribution in [3.8, 4) is 0 Å². The Morgan fingerprint density at radius 2 is 2.04 bits per heavy atom. The van der Waals surface area contributed by atoms with Crippen molar-refractivity contribution in [2.45, 2.75) is 38.5 Å². The first-order chi connectivity index (χ1) is 11.1. The molecule has 1 fully saturated rings. The van der Waals surface area contributed by atoms with Crippen LogP contribution in [0.1, 0.15) is 44.1 Å². The number of nitrogens with one attached hydrogen (secondary N) is 1. The molecule has 23 heavy (non-hydrogen) atoms. The fraction of sp³-hybridized carbons (Fsp3) is 0.444. The maximum absolute atomic E-state index is 13.6. The second kappa shape index (κ2) is 6.62. The molecule has 0 saturated heterocycles. The fourth-order valence-electron chi connectivity index (χ4n) is 3.77. The predicted molar refractivity (Wildman–Crippen MR) is 87.9 cm³/mol. The first-order valence-electron chi connectivity index (χ1n) is 8.14. The molecular formula is C18H22FN3O. The highest BCUT2D eigenvalue weighted by molar-refractivity contribution is 5.82. The summed E-state index contributed by atoms with van der Waals surface area (Å²) in [6.07, 6.45) is 5.77. The Morgan fingerprint density at radius 1 is 1.30 bits per heavy atom. The number of hydrogen-bond acceptors (Lipinski definition) is 3. The molecule has 1 amide bonds. The highest BCUT2D eigenvalue weighted by atomic mass is 19.1. The van der Waals surface area contributed by atoms with Gasteiger partial charge in [-0.15, -0.1) is 0 Å². The van der Waals surface area contributed by atoms with Gasteiger partial charge in [0.05, 0.1) is 5.52 Å². The number of hydrazine groups is 1. The van der Waals surface area contributed by atoms with E-state index in [1.54, 1.807) is 18.3 Å². The number of hydrogen-bond donors (Lipinski definition) is 2. The molecule has 0 radical (unpaired) electrons. The minimum Gasteiger partial charge on any atom is -0.294 e. The number of pyridine rings is 1. The van der Waals surface area contributed by atoms with Crippen LogP contribution in [0.15, 0.2) is 30.5 Å². The van der Waals surface area contributed by atoms with Crippen LogP contribution in [-0.4, -0.2) is 10.9 Å². The van der Waals surface area contributed by atoms with Gasteiger partial charge >= 0.3 is 0 Å². The quantitative estimate of drug-likeness (QED) is 0.519. The van der Waals surface area contributed by atoms with Gasteiger partial charge in [0.15, 0.2) is 0 Å². The lowest BCUT2D eigenvalue weighted by Gasteiger charge is -2.32. The number of aromatic nitrogens is 1. The Kier molecular flexibility index (Phi) is 4.57. The number of amides is 1. The Labute approximate surface area is 135 Å². The Balaban J connectivity index is 1.78. The molecule has 4 nitrogen and oxygen atoms in total. The molecule has 0 spiro atoms. The topological polar surface area (TPSA) is 68.0 Å². The second-order valence-corrected chi connectivity index (χ2v) is 6.47. The van der Waals surface area contributed by atoms with E-state index >= 15 is 0 Å². The summed E-state index contributed by atoms with van der Waals surface area (Å²) in [5, 5.41) is 0.906. The number of carbonyl (C=O) groups is 1. The highest BCUT2D eigenvalue weighted by Crippen LogP contribution is 2.40. The van der Waals surface area contributed by atoms with Crippen LogP contribution in [0, 0.1) is 17.7 Å². The molecule has 1 saturated carbocycles. The average Bonchev–Trinajstić information content (AvgIpc) is 2.60. The smallest absolute Gasteiger partial charge is 0.236 e. The number of benzene rings is 1. The third-order valence-corrected chi connectivity index (χ3v) is 5.21. The SMILES string of the molecule is CC(C(=O)NN)C1CCC(c2ccnc3ccc(F)cc23)CC1. The Hall–Kier alpha value is -2.01. The van der Waals surface area contributed by atoms with E-state index in [9.17, 15) is 9.18 Å².